The molecule has 0 bridgehead atoms. The molecule has 0 unspecified atom stereocenters. The summed E-state index contributed by atoms with van der Waals surface area (Å²) in [7, 11) is 0. The smallest absolute Gasteiger partial charge is 0.154 e. The maximum atomic E-state index is 6.26. The first-order valence-electron chi connectivity index (χ1n) is 6.95. The van der Waals surface area contributed by atoms with Gasteiger partial charge in [-0.15, -0.1) is 6.42 Å². The second-order valence-electron chi connectivity index (χ2n) is 5.09. The van der Waals surface area contributed by atoms with Crippen LogP contribution in [-0.2, 0) is 0 Å². The van der Waals surface area contributed by atoms with E-state index in [0.29, 0.717) is 10.6 Å². The zero-order valence-corrected chi connectivity index (χ0v) is 12.4. The molecule has 1 nitrogen and oxygen atoms in total. The van der Waals surface area contributed by atoms with Crippen molar-refractivity contribution in [2.24, 2.45) is 0 Å². The maximum absolute atomic E-state index is 6.26. The summed E-state index contributed by atoms with van der Waals surface area (Å²) in [5, 5.41) is 2.66. The number of furan rings is 1. The Morgan fingerprint density at radius 3 is 2.50 bits per heavy atom. The van der Waals surface area contributed by atoms with E-state index in [2.05, 4.69) is 12.0 Å². The SMILES string of the molecule is C#Cc1ccccc1-c1cccc2oc3c(Cl)cccc3c12. The van der Waals surface area contributed by atoms with E-state index in [1.165, 1.54) is 0 Å². The molecule has 0 aliphatic heterocycles. The molecule has 0 saturated carbocycles. The maximum Gasteiger partial charge on any atom is 0.154 e. The number of rotatable bonds is 1. The molecule has 0 saturated heterocycles. The summed E-state index contributed by atoms with van der Waals surface area (Å²) in [6.45, 7) is 0. The standard InChI is InChI=1S/C20H11ClO/c1-2-13-7-3-4-8-14(13)15-9-6-12-18-19(15)16-10-5-11-17(21)20(16)22-18/h1,3-12H. The molecule has 22 heavy (non-hydrogen) atoms. The second-order valence-corrected chi connectivity index (χ2v) is 5.49. The van der Waals surface area contributed by atoms with Crippen LogP contribution in [0.15, 0.2) is 65.1 Å². The van der Waals surface area contributed by atoms with Crippen molar-refractivity contribution in [3.05, 3.63) is 71.2 Å². The molecule has 0 fully saturated rings. The number of para-hydroxylation sites is 1. The van der Waals surface area contributed by atoms with Gasteiger partial charge in [-0.1, -0.05) is 60.0 Å². The van der Waals surface area contributed by atoms with Crippen LogP contribution in [0, 0.1) is 12.3 Å². The summed E-state index contributed by atoms with van der Waals surface area (Å²) in [4.78, 5) is 0. The molecule has 0 N–H and O–H groups in total. The Kier molecular flexibility index (Phi) is 2.92. The third kappa shape index (κ3) is 1.82. The summed E-state index contributed by atoms with van der Waals surface area (Å²) in [5.41, 5.74) is 4.48. The molecule has 4 rings (SSSR count). The van der Waals surface area contributed by atoms with Crippen molar-refractivity contribution in [3.63, 3.8) is 0 Å². The van der Waals surface area contributed by atoms with Crippen LogP contribution in [0.5, 0.6) is 0 Å². The molecule has 0 spiro atoms. The Bertz CT molecular complexity index is 1050. The Labute approximate surface area is 133 Å². The predicted molar refractivity (Wildman–Crippen MR) is 92.1 cm³/mol. The highest BCUT2D eigenvalue weighted by atomic mass is 35.5. The Balaban J connectivity index is 2.18. The topological polar surface area (TPSA) is 13.1 Å². The van der Waals surface area contributed by atoms with E-state index in [4.69, 9.17) is 22.4 Å². The number of hydrogen-bond donors (Lipinski definition) is 0. The van der Waals surface area contributed by atoms with Gasteiger partial charge in [0.05, 0.1) is 5.02 Å². The lowest BCUT2D eigenvalue weighted by Gasteiger charge is -2.06. The molecule has 1 aromatic heterocycles. The van der Waals surface area contributed by atoms with Crippen molar-refractivity contribution < 1.29 is 4.42 Å². The van der Waals surface area contributed by atoms with Crippen molar-refractivity contribution in [1.82, 2.24) is 0 Å². The zero-order valence-electron chi connectivity index (χ0n) is 11.6. The molecule has 0 amide bonds. The van der Waals surface area contributed by atoms with Gasteiger partial charge in [-0.05, 0) is 29.3 Å². The van der Waals surface area contributed by atoms with Gasteiger partial charge in [0.15, 0.2) is 5.58 Å². The molecule has 1 heterocycles. The first-order valence-corrected chi connectivity index (χ1v) is 7.33. The van der Waals surface area contributed by atoms with Crippen LogP contribution < -0.4 is 0 Å². The third-order valence-corrected chi connectivity index (χ3v) is 4.14. The largest absolute Gasteiger partial charge is 0.454 e. The van der Waals surface area contributed by atoms with Gasteiger partial charge in [0.2, 0.25) is 0 Å². The van der Waals surface area contributed by atoms with E-state index in [0.717, 1.165) is 33.0 Å². The third-order valence-electron chi connectivity index (χ3n) is 3.85. The number of halogens is 1. The van der Waals surface area contributed by atoms with E-state index in [1.807, 2.05) is 54.6 Å². The number of hydrogen-bond acceptors (Lipinski definition) is 1. The van der Waals surface area contributed by atoms with Gasteiger partial charge >= 0.3 is 0 Å². The fourth-order valence-electron chi connectivity index (χ4n) is 2.88. The van der Waals surface area contributed by atoms with Crippen LogP contribution in [0.3, 0.4) is 0 Å². The fourth-order valence-corrected chi connectivity index (χ4v) is 3.09. The monoisotopic (exact) mass is 302 g/mol. The number of terminal acetylenes is 1. The summed E-state index contributed by atoms with van der Waals surface area (Å²) in [6.07, 6.45) is 5.65. The van der Waals surface area contributed by atoms with Crippen molar-refractivity contribution in [2.75, 3.05) is 0 Å². The minimum absolute atomic E-state index is 0.616. The van der Waals surface area contributed by atoms with Crippen molar-refractivity contribution >= 4 is 33.5 Å². The van der Waals surface area contributed by atoms with Gasteiger partial charge in [0.1, 0.15) is 5.58 Å². The van der Waals surface area contributed by atoms with Crippen LogP contribution in [0.4, 0.5) is 0 Å². The summed E-state index contributed by atoms with van der Waals surface area (Å²) >= 11 is 6.26. The Morgan fingerprint density at radius 2 is 1.64 bits per heavy atom. The van der Waals surface area contributed by atoms with E-state index in [1.54, 1.807) is 0 Å². The van der Waals surface area contributed by atoms with Crippen molar-refractivity contribution in [1.29, 1.82) is 0 Å². The molecular weight excluding hydrogens is 292 g/mol. The van der Waals surface area contributed by atoms with Gasteiger partial charge in [-0.25, -0.2) is 0 Å². The molecule has 4 aromatic rings. The molecule has 104 valence electrons. The second kappa shape index (κ2) is 4.94. The molecule has 0 aliphatic carbocycles. The zero-order chi connectivity index (χ0) is 15.1. The Hall–Kier alpha value is -2.69. The van der Waals surface area contributed by atoms with E-state index >= 15 is 0 Å². The lowest BCUT2D eigenvalue weighted by molar-refractivity contribution is 0.669. The summed E-state index contributed by atoms with van der Waals surface area (Å²) in [5.74, 6) is 2.75. The van der Waals surface area contributed by atoms with Gasteiger partial charge in [-0.2, -0.15) is 0 Å². The van der Waals surface area contributed by atoms with Crippen molar-refractivity contribution in [3.8, 4) is 23.5 Å². The number of fused-ring (bicyclic) bond motifs is 3. The highest BCUT2D eigenvalue weighted by Gasteiger charge is 2.15. The molecule has 3 aromatic carbocycles. The fraction of sp³-hybridized carbons (Fsp3) is 0. The summed E-state index contributed by atoms with van der Waals surface area (Å²) in [6, 6.07) is 19.7. The molecule has 0 aliphatic rings. The lowest BCUT2D eigenvalue weighted by atomic mass is 9.96. The molecule has 2 heteroatoms. The Morgan fingerprint density at radius 1 is 0.864 bits per heavy atom. The number of benzene rings is 3. The average Bonchev–Trinajstić information content (AvgIpc) is 2.95. The minimum Gasteiger partial charge on any atom is -0.454 e. The van der Waals surface area contributed by atoms with Crippen molar-refractivity contribution in [2.45, 2.75) is 0 Å². The van der Waals surface area contributed by atoms with E-state index in [9.17, 15) is 0 Å². The average molecular weight is 303 g/mol. The minimum atomic E-state index is 0.616. The predicted octanol–water partition coefficient (Wildman–Crippen LogP) is 5.89. The van der Waals surface area contributed by atoms with Gasteiger partial charge in [0.25, 0.3) is 0 Å². The lowest BCUT2D eigenvalue weighted by Crippen LogP contribution is -1.84. The highest BCUT2D eigenvalue weighted by Crippen LogP contribution is 2.39. The van der Waals surface area contributed by atoms with Crippen LogP contribution in [0.25, 0.3) is 33.1 Å². The highest BCUT2D eigenvalue weighted by molar-refractivity contribution is 6.36. The van der Waals surface area contributed by atoms with E-state index in [-0.39, 0.29) is 0 Å². The molecular formula is C20H11ClO. The first-order chi connectivity index (χ1) is 10.8. The van der Waals surface area contributed by atoms with Gasteiger partial charge in [-0.3, -0.25) is 0 Å². The molecule has 0 radical (unpaired) electrons. The van der Waals surface area contributed by atoms with Crippen LogP contribution in [-0.4, -0.2) is 0 Å². The van der Waals surface area contributed by atoms with Gasteiger partial charge < -0.3 is 4.42 Å². The van der Waals surface area contributed by atoms with E-state index < -0.39 is 0 Å². The van der Waals surface area contributed by atoms with Gasteiger partial charge in [0, 0.05) is 16.3 Å². The van der Waals surface area contributed by atoms with Crippen LogP contribution in [0.2, 0.25) is 5.02 Å². The summed E-state index contributed by atoms with van der Waals surface area (Å²) < 4.78 is 5.94. The quantitative estimate of drug-likeness (QED) is 0.400. The molecule has 0 atom stereocenters. The van der Waals surface area contributed by atoms with Crippen LogP contribution in [0.1, 0.15) is 5.56 Å². The normalized spacial score (nSPS) is 10.9. The first kappa shape index (κ1) is 13.0. The van der Waals surface area contributed by atoms with Crippen LogP contribution >= 0.6 is 11.6 Å².